The number of hydrogen-bond donors (Lipinski definition) is 4. The maximum atomic E-state index is 13.2. The topological polar surface area (TPSA) is 107 Å². The summed E-state index contributed by atoms with van der Waals surface area (Å²) in [6.07, 6.45) is -15.6. The first-order valence-corrected chi connectivity index (χ1v) is 9.90. The molecule has 0 aromatic carbocycles. The van der Waals surface area contributed by atoms with Gasteiger partial charge >= 0.3 is 18.3 Å². The summed E-state index contributed by atoms with van der Waals surface area (Å²) in [6.45, 7) is 2.01. The molecule has 4 fully saturated rings. The van der Waals surface area contributed by atoms with Crippen molar-refractivity contribution in [1.82, 2.24) is 0 Å². The highest BCUT2D eigenvalue weighted by atomic mass is 19.4. The molecule has 0 amide bonds. The van der Waals surface area contributed by atoms with Gasteiger partial charge in [-0.25, -0.2) is 0 Å². The molecule has 0 radical (unpaired) electrons. The normalized spacial score (nSPS) is 40.0. The fourth-order valence-corrected chi connectivity index (χ4v) is 6.08. The Kier molecular flexibility index (Phi) is 5.13. The van der Waals surface area contributed by atoms with E-state index < -0.39 is 64.6 Å². The molecule has 4 N–H and O–H groups in total. The molecule has 180 valence electrons. The Labute approximate surface area is 174 Å². The van der Waals surface area contributed by atoms with Gasteiger partial charge in [-0.15, -0.1) is 0 Å². The van der Waals surface area contributed by atoms with Gasteiger partial charge in [-0.2, -0.15) is 26.3 Å². The standard InChI is InChI=1S/C19H26F6O6/c1-3-12(2,4-17(30,18(20,21)22)19(23,24)25)11(26)31-16-8-13(27)5-14(28,9-16)7-15(29,6-13)10-16/h27-30H,3-10H2,1-2H3. The lowest BCUT2D eigenvalue weighted by molar-refractivity contribution is -0.375. The van der Waals surface area contributed by atoms with Crippen LogP contribution in [0, 0.1) is 5.41 Å². The first kappa shape index (κ1) is 24.5. The predicted molar refractivity (Wildman–Crippen MR) is 91.4 cm³/mol. The SMILES string of the molecule is CCC(C)(CC(O)(C(F)(F)F)C(F)(F)F)C(=O)OC12CC3(O)CC(O)(CC(O)(C3)C1)C2. The van der Waals surface area contributed by atoms with E-state index in [0.29, 0.717) is 0 Å². The second kappa shape index (κ2) is 6.48. The summed E-state index contributed by atoms with van der Waals surface area (Å²) in [5.74, 6) is -1.43. The highest BCUT2D eigenvalue weighted by Gasteiger charge is 2.73. The fourth-order valence-electron chi connectivity index (χ4n) is 6.08. The van der Waals surface area contributed by atoms with Crippen LogP contribution in [-0.2, 0) is 9.53 Å². The first-order chi connectivity index (χ1) is 13.6. The number of rotatable bonds is 5. The van der Waals surface area contributed by atoms with Gasteiger partial charge in [0.05, 0.1) is 22.2 Å². The number of ether oxygens (including phenoxy) is 1. The molecule has 1 unspecified atom stereocenters. The van der Waals surface area contributed by atoms with E-state index in [2.05, 4.69) is 0 Å². The molecular formula is C19H26F6O6. The van der Waals surface area contributed by atoms with Gasteiger partial charge in [-0.05, 0) is 13.3 Å². The van der Waals surface area contributed by atoms with Crippen molar-refractivity contribution in [3.63, 3.8) is 0 Å². The number of halogens is 6. The van der Waals surface area contributed by atoms with Gasteiger partial charge in [0.15, 0.2) is 0 Å². The summed E-state index contributed by atoms with van der Waals surface area (Å²) in [4.78, 5) is 12.9. The minimum Gasteiger partial charge on any atom is -0.458 e. The molecule has 4 aliphatic rings. The number of carbonyl (C=O) groups excluding carboxylic acids is 1. The summed E-state index contributed by atoms with van der Waals surface area (Å²) in [7, 11) is 0. The molecule has 4 rings (SSSR count). The van der Waals surface area contributed by atoms with Crippen molar-refractivity contribution in [2.75, 3.05) is 0 Å². The van der Waals surface area contributed by atoms with Gasteiger partial charge in [-0.3, -0.25) is 4.79 Å². The number of hydrogen-bond acceptors (Lipinski definition) is 6. The largest absolute Gasteiger partial charge is 0.458 e. The zero-order valence-electron chi connectivity index (χ0n) is 17.0. The zero-order chi connectivity index (χ0) is 23.9. The molecule has 31 heavy (non-hydrogen) atoms. The van der Waals surface area contributed by atoms with E-state index in [0.717, 1.165) is 6.92 Å². The van der Waals surface area contributed by atoms with Crippen LogP contribution in [0.15, 0.2) is 0 Å². The molecule has 4 aliphatic carbocycles. The Morgan fingerprint density at radius 2 is 1.19 bits per heavy atom. The smallest absolute Gasteiger partial charge is 0.426 e. The first-order valence-electron chi connectivity index (χ1n) is 9.90. The summed E-state index contributed by atoms with van der Waals surface area (Å²) < 4.78 is 84.5. The molecule has 1 atom stereocenters. The quantitative estimate of drug-likeness (QED) is 0.368. The second-order valence-electron chi connectivity index (χ2n) is 10.3. The molecular weight excluding hydrogens is 438 g/mol. The van der Waals surface area contributed by atoms with Gasteiger partial charge in [-0.1, -0.05) is 6.92 Å². The minimum atomic E-state index is -6.10. The number of carbonyl (C=O) groups is 1. The summed E-state index contributed by atoms with van der Waals surface area (Å²) in [6, 6.07) is 0. The predicted octanol–water partition coefficient (Wildman–Crippen LogP) is 2.51. The van der Waals surface area contributed by atoms with Gasteiger partial charge < -0.3 is 25.2 Å². The molecule has 6 nitrogen and oxygen atoms in total. The van der Waals surface area contributed by atoms with Crippen molar-refractivity contribution in [1.29, 1.82) is 0 Å². The lowest BCUT2D eigenvalue weighted by Gasteiger charge is -2.65. The molecule has 0 aliphatic heterocycles. The Hall–Kier alpha value is -1.11. The lowest BCUT2D eigenvalue weighted by Crippen LogP contribution is -2.73. The van der Waals surface area contributed by atoms with Crippen molar-refractivity contribution < 1.29 is 56.3 Å². The minimum absolute atomic E-state index is 0.0887. The van der Waals surface area contributed by atoms with Gasteiger partial charge in [0.1, 0.15) is 5.60 Å². The molecule has 0 heterocycles. The van der Waals surface area contributed by atoms with Gasteiger partial charge in [0.25, 0.3) is 5.60 Å². The monoisotopic (exact) mass is 464 g/mol. The Balaban J connectivity index is 1.91. The summed E-state index contributed by atoms with van der Waals surface area (Å²) >= 11 is 0. The Morgan fingerprint density at radius 3 is 1.48 bits per heavy atom. The van der Waals surface area contributed by atoms with E-state index in [1.807, 2.05) is 0 Å². The molecule has 0 spiro atoms. The van der Waals surface area contributed by atoms with Crippen LogP contribution in [0.5, 0.6) is 0 Å². The van der Waals surface area contributed by atoms with E-state index in [1.54, 1.807) is 0 Å². The molecule has 12 heteroatoms. The van der Waals surface area contributed by atoms with Crippen LogP contribution in [0.25, 0.3) is 0 Å². The van der Waals surface area contributed by atoms with Crippen LogP contribution in [0.4, 0.5) is 26.3 Å². The maximum absolute atomic E-state index is 13.2. The van der Waals surface area contributed by atoms with E-state index in [-0.39, 0.29) is 38.5 Å². The van der Waals surface area contributed by atoms with Gasteiger partial charge in [0, 0.05) is 44.9 Å². The molecule has 0 aromatic heterocycles. The van der Waals surface area contributed by atoms with Crippen molar-refractivity contribution >= 4 is 5.97 Å². The molecule has 0 saturated heterocycles. The Bertz CT molecular complexity index is 696. The van der Waals surface area contributed by atoms with Crippen LogP contribution >= 0.6 is 0 Å². The molecule has 0 aromatic rings. The van der Waals surface area contributed by atoms with Crippen molar-refractivity contribution in [2.45, 2.75) is 106 Å². The van der Waals surface area contributed by atoms with E-state index >= 15 is 0 Å². The average Bonchev–Trinajstić information content (AvgIpc) is 2.47. The van der Waals surface area contributed by atoms with Crippen LogP contribution in [0.2, 0.25) is 0 Å². The highest BCUT2D eigenvalue weighted by molar-refractivity contribution is 5.77. The summed E-state index contributed by atoms with van der Waals surface area (Å²) in [5.41, 5.74) is -13.9. The van der Waals surface area contributed by atoms with Crippen LogP contribution in [-0.4, -0.2) is 66.8 Å². The average molecular weight is 464 g/mol. The Morgan fingerprint density at radius 1 is 0.839 bits per heavy atom. The number of alkyl halides is 6. The molecule has 4 saturated carbocycles. The van der Waals surface area contributed by atoms with E-state index in [9.17, 15) is 51.6 Å². The van der Waals surface area contributed by atoms with Crippen LogP contribution < -0.4 is 0 Å². The van der Waals surface area contributed by atoms with Crippen LogP contribution in [0.1, 0.15) is 65.2 Å². The maximum Gasteiger partial charge on any atom is 0.426 e. The van der Waals surface area contributed by atoms with Crippen LogP contribution in [0.3, 0.4) is 0 Å². The third-order valence-electron chi connectivity index (χ3n) is 7.09. The highest BCUT2D eigenvalue weighted by Crippen LogP contribution is 2.62. The van der Waals surface area contributed by atoms with E-state index in [1.165, 1.54) is 6.92 Å². The van der Waals surface area contributed by atoms with E-state index in [4.69, 9.17) is 4.74 Å². The zero-order valence-corrected chi connectivity index (χ0v) is 17.0. The van der Waals surface area contributed by atoms with Crippen molar-refractivity contribution in [3.8, 4) is 0 Å². The van der Waals surface area contributed by atoms with Crippen molar-refractivity contribution in [3.05, 3.63) is 0 Å². The van der Waals surface area contributed by atoms with Gasteiger partial charge in [0.2, 0.25) is 0 Å². The molecule has 4 bridgehead atoms. The summed E-state index contributed by atoms with van der Waals surface area (Å²) in [5, 5.41) is 41.7. The number of esters is 1. The second-order valence-corrected chi connectivity index (χ2v) is 10.3. The van der Waals surface area contributed by atoms with Crippen molar-refractivity contribution in [2.24, 2.45) is 5.41 Å². The lowest BCUT2D eigenvalue weighted by atomic mass is 9.48. The fraction of sp³-hybridized carbons (Fsp3) is 0.947. The third kappa shape index (κ3) is 3.93. The third-order valence-corrected chi connectivity index (χ3v) is 7.09. The number of aliphatic hydroxyl groups is 4.